The lowest BCUT2D eigenvalue weighted by Gasteiger charge is -2.22. The van der Waals surface area contributed by atoms with E-state index in [-0.39, 0.29) is 30.8 Å². The highest BCUT2D eigenvalue weighted by molar-refractivity contribution is 5.92. The Morgan fingerprint density at radius 3 is 2.65 bits per heavy atom. The summed E-state index contributed by atoms with van der Waals surface area (Å²) in [5.74, 6) is -2.19. The standard InChI is InChI=1S/C16H18O7/c1-16(2)8-14(19)21-9-10(7-13(18)23-16)22-15(20)11-5-3-4-6-12(11)17/h3-6,10,17H,7-9H2,1-2H3. The van der Waals surface area contributed by atoms with Gasteiger partial charge in [-0.15, -0.1) is 0 Å². The van der Waals surface area contributed by atoms with Crippen LogP contribution in [0.1, 0.15) is 37.0 Å². The van der Waals surface area contributed by atoms with Crippen LogP contribution in [0, 0.1) is 0 Å². The molecule has 23 heavy (non-hydrogen) atoms. The molecular formula is C16H18O7. The highest BCUT2D eigenvalue weighted by atomic mass is 16.6. The summed E-state index contributed by atoms with van der Waals surface area (Å²) in [5.41, 5.74) is -1.02. The third-order valence-corrected chi connectivity index (χ3v) is 3.18. The maximum absolute atomic E-state index is 12.1. The molecule has 1 aromatic rings. The smallest absolute Gasteiger partial charge is 0.342 e. The molecule has 0 spiro atoms. The Labute approximate surface area is 133 Å². The summed E-state index contributed by atoms with van der Waals surface area (Å²) in [7, 11) is 0. The Bertz CT molecular complexity index is 621. The molecule has 1 unspecified atom stereocenters. The van der Waals surface area contributed by atoms with Crippen molar-refractivity contribution in [2.75, 3.05) is 6.61 Å². The summed E-state index contributed by atoms with van der Waals surface area (Å²) in [6.07, 6.45) is -1.30. The second-order valence-corrected chi connectivity index (χ2v) is 5.84. The van der Waals surface area contributed by atoms with Crippen molar-refractivity contribution in [1.29, 1.82) is 0 Å². The van der Waals surface area contributed by atoms with Crippen molar-refractivity contribution in [2.45, 2.75) is 38.4 Å². The van der Waals surface area contributed by atoms with Gasteiger partial charge in [0.15, 0.2) is 0 Å². The van der Waals surface area contributed by atoms with Gasteiger partial charge in [-0.1, -0.05) is 12.1 Å². The van der Waals surface area contributed by atoms with Gasteiger partial charge in [0.05, 0.1) is 12.8 Å². The number of hydrogen-bond acceptors (Lipinski definition) is 7. The predicted molar refractivity (Wildman–Crippen MR) is 77.7 cm³/mol. The number of phenols is 1. The number of benzene rings is 1. The Balaban J connectivity index is 2.09. The Morgan fingerprint density at radius 2 is 1.96 bits per heavy atom. The minimum Gasteiger partial charge on any atom is -0.507 e. The van der Waals surface area contributed by atoms with E-state index in [0.717, 1.165) is 0 Å². The van der Waals surface area contributed by atoms with Crippen molar-refractivity contribution in [1.82, 2.24) is 0 Å². The van der Waals surface area contributed by atoms with Crippen LogP contribution in [-0.2, 0) is 23.8 Å². The van der Waals surface area contributed by atoms with Crippen LogP contribution in [0.3, 0.4) is 0 Å². The first-order chi connectivity index (χ1) is 10.8. The number of phenolic OH excluding ortho intramolecular Hbond substituents is 1. The Hall–Kier alpha value is -2.57. The zero-order valence-electron chi connectivity index (χ0n) is 12.9. The van der Waals surface area contributed by atoms with Gasteiger partial charge in [0.1, 0.15) is 29.6 Å². The van der Waals surface area contributed by atoms with Crippen LogP contribution < -0.4 is 0 Å². The first-order valence-corrected chi connectivity index (χ1v) is 7.13. The lowest BCUT2D eigenvalue weighted by molar-refractivity contribution is -0.160. The van der Waals surface area contributed by atoms with Crippen molar-refractivity contribution in [3.63, 3.8) is 0 Å². The minimum atomic E-state index is -0.981. The highest BCUT2D eigenvalue weighted by Crippen LogP contribution is 2.21. The van der Waals surface area contributed by atoms with Gasteiger partial charge in [0.2, 0.25) is 0 Å². The molecule has 1 aliphatic rings. The van der Waals surface area contributed by atoms with Crippen molar-refractivity contribution in [3.8, 4) is 5.75 Å². The maximum Gasteiger partial charge on any atom is 0.342 e. The van der Waals surface area contributed by atoms with E-state index in [9.17, 15) is 19.5 Å². The molecule has 1 heterocycles. The molecular weight excluding hydrogens is 304 g/mol. The van der Waals surface area contributed by atoms with Crippen LogP contribution in [0.5, 0.6) is 5.75 Å². The van der Waals surface area contributed by atoms with Crippen LogP contribution in [0.2, 0.25) is 0 Å². The largest absolute Gasteiger partial charge is 0.507 e. The molecule has 1 aromatic carbocycles. The molecule has 0 aromatic heterocycles. The molecule has 2 rings (SSSR count). The molecule has 124 valence electrons. The number of rotatable bonds is 2. The van der Waals surface area contributed by atoms with Crippen molar-refractivity contribution in [3.05, 3.63) is 29.8 Å². The van der Waals surface area contributed by atoms with Crippen molar-refractivity contribution < 1.29 is 33.7 Å². The van der Waals surface area contributed by atoms with E-state index in [1.165, 1.54) is 12.1 Å². The molecule has 7 nitrogen and oxygen atoms in total. The number of esters is 3. The van der Waals surface area contributed by atoms with Crippen molar-refractivity contribution >= 4 is 17.9 Å². The molecule has 1 fully saturated rings. The highest BCUT2D eigenvalue weighted by Gasteiger charge is 2.32. The van der Waals surface area contributed by atoms with Crippen LogP contribution >= 0.6 is 0 Å². The van der Waals surface area contributed by atoms with Gasteiger partial charge < -0.3 is 19.3 Å². The molecule has 0 amide bonds. The van der Waals surface area contributed by atoms with Gasteiger partial charge in [0, 0.05) is 0 Å². The van der Waals surface area contributed by atoms with E-state index in [1.807, 2.05) is 0 Å². The molecule has 1 aliphatic heterocycles. The van der Waals surface area contributed by atoms with Crippen LogP contribution in [0.25, 0.3) is 0 Å². The summed E-state index contributed by atoms with van der Waals surface area (Å²) in [5, 5.41) is 9.64. The zero-order chi connectivity index (χ0) is 17.0. The van der Waals surface area contributed by atoms with E-state index in [2.05, 4.69) is 0 Å². The number of para-hydroxylation sites is 1. The summed E-state index contributed by atoms with van der Waals surface area (Å²) in [6.45, 7) is 2.95. The fourth-order valence-electron chi connectivity index (χ4n) is 2.15. The number of aromatic hydroxyl groups is 1. The SMILES string of the molecule is CC1(C)CC(=O)OCC(OC(=O)c2ccccc2O)CC(=O)O1. The van der Waals surface area contributed by atoms with E-state index in [0.29, 0.717) is 0 Å². The van der Waals surface area contributed by atoms with Crippen LogP contribution in [0.15, 0.2) is 24.3 Å². The summed E-state index contributed by atoms with van der Waals surface area (Å²) in [6, 6.07) is 5.86. The van der Waals surface area contributed by atoms with E-state index in [1.54, 1.807) is 26.0 Å². The van der Waals surface area contributed by atoms with Gasteiger partial charge in [-0.05, 0) is 26.0 Å². The number of carbonyl (C=O) groups is 3. The predicted octanol–water partition coefficient (Wildman–Crippen LogP) is 1.58. The van der Waals surface area contributed by atoms with Gasteiger partial charge >= 0.3 is 17.9 Å². The fraction of sp³-hybridized carbons (Fsp3) is 0.438. The Morgan fingerprint density at radius 1 is 1.26 bits per heavy atom. The molecule has 0 aliphatic carbocycles. The second kappa shape index (κ2) is 6.68. The lowest BCUT2D eigenvalue weighted by Crippen LogP contribution is -2.31. The van der Waals surface area contributed by atoms with Gasteiger partial charge in [-0.3, -0.25) is 9.59 Å². The van der Waals surface area contributed by atoms with E-state index >= 15 is 0 Å². The second-order valence-electron chi connectivity index (χ2n) is 5.84. The quantitative estimate of drug-likeness (QED) is 0.652. The van der Waals surface area contributed by atoms with Gasteiger partial charge in [-0.2, -0.15) is 0 Å². The van der Waals surface area contributed by atoms with E-state index < -0.39 is 29.6 Å². The first-order valence-electron chi connectivity index (χ1n) is 7.13. The summed E-state index contributed by atoms with van der Waals surface area (Å²) in [4.78, 5) is 35.6. The van der Waals surface area contributed by atoms with Crippen LogP contribution in [-0.4, -0.2) is 41.3 Å². The zero-order valence-corrected chi connectivity index (χ0v) is 12.9. The van der Waals surface area contributed by atoms with Gasteiger partial charge in [-0.25, -0.2) is 4.79 Å². The molecule has 1 atom stereocenters. The third kappa shape index (κ3) is 4.70. The first kappa shape index (κ1) is 16.8. The summed E-state index contributed by atoms with van der Waals surface area (Å²) >= 11 is 0. The van der Waals surface area contributed by atoms with Crippen LogP contribution in [0.4, 0.5) is 0 Å². The lowest BCUT2D eigenvalue weighted by atomic mass is 10.1. The number of ether oxygens (including phenoxy) is 3. The Kier molecular flexibility index (Phi) is 4.88. The fourth-order valence-corrected chi connectivity index (χ4v) is 2.15. The molecule has 1 N–H and O–H groups in total. The van der Waals surface area contributed by atoms with Crippen molar-refractivity contribution in [2.24, 2.45) is 0 Å². The number of cyclic esters (lactones) is 2. The maximum atomic E-state index is 12.1. The molecule has 0 bridgehead atoms. The number of carbonyl (C=O) groups excluding carboxylic acids is 3. The number of hydrogen-bond donors (Lipinski definition) is 1. The third-order valence-electron chi connectivity index (χ3n) is 3.18. The summed E-state index contributed by atoms with van der Waals surface area (Å²) < 4.78 is 15.4. The van der Waals surface area contributed by atoms with Gasteiger partial charge in [0.25, 0.3) is 0 Å². The minimum absolute atomic E-state index is 0.0348. The molecule has 0 saturated carbocycles. The normalized spacial score (nSPS) is 21.2. The molecule has 1 saturated heterocycles. The monoisotopic (exact) mass is 322 g/mol. The topological polar surface area (TPSA) is 99.1 Å². The molecule has 0 radical (unpaired) electrons. The average Bonchev–Trinajstić information content (AvgIpc) is 2.47. The van der Waals surface area contributed by atoms with E-state index in [4.69, 9.17) is 14.2 Å². The molecule has 7 heteroatoms. The average molecular weight is 322 g/mol.